The molecule has 4 aliphatic carbocycles. The van der Waals surface area contributed by atoms with Gasteiger partial charge in [0.15, 0.2) is 5.60 Å². The van der Waals surface area contributed by atoms with E-state index in [-0.39, 0.29) is 11.8 Å². The molecular formula is C16H19F5O3. The fourth-order valence-corrected chi connectivity index (χ4v) is 5.22. The molecule has 3 bridgehead atoms. The van der Waals surface area contributed by atoms with Gasteiger partial charge in [0.05, 0.1) is 0 Å². The molecule has 0 heterocycles. The number of hydrogen-bond donors (Lipinski definition) is 1. The molecule has 0 aromatic rings. The molecule has 0 aliphatic heterocycles. The number of esters is 1. The van der Waals surface area contributed by atoms with Gasteiger partial charge in [0, 0.05) is 17.9 Å². The van der Waals surface area contributed by atoms with Gasteiger partial charge in [-0.3, -0.25) is 0 Å². The molecule has 4 fully saturated rings. The van der Waals surface area contributed by atoms with Gasteiger partial charge >= 0.3 is 18.1 Å². The summed E-state index contributed by atoms with van der Waals surface area (Å²) in [5.74, 6) is -7.58. The third-order valence-electron chi connectivity index (χ3n) is 6.12. The molecular weight excluding hydrogens is 335 g/mol. The number of alkyl halides is 5. The van der Waals surface area contributed by atoms with Crippen molar-refractivity contribution in [1.82, 2.24) is 0 Å². The lowest BCUT2D eigenvalue weighted by Gasteiger charge is -2.67. The average Bonchev–Trinajstić information content (AvgIpc) is 2.47. The first-order chi connectivity index (χ1) is 11.0. The topological polar surface area (TPSA) is 46.5 Å². The van der Waals surface area contributed by atoms with Gasteiger partial charge < -0.3 is 9.84 Å². The molecule has 24 heavy (non-hydrogen) atoms. The van der Waals surface area contributed by atoms with Crippen LogP contribution in [0.15, 0.2) is 12.7 Å². The van der Waals surface area contributed by atoms with Gasteiger partial charge in [0.25, 0.3) is 0 Å². The van der Waals surface area contributed by atoms with Crippen LogP contribution in [0.4, 0.5) is 22.0 Å². The molecule has 3 unspecified atom stereocenters. The van der Waals surface area contributed by atoms with Crippen molar-refractivity contribution in [3.8, 4) is 0 Å². The predicted octanol–water partition coefficient (Wildman–Crippen LogP) is 3.61. The van der Waals surface area contributed by atoms with Gasteiger partial charge in [-0.2, -0.15) is 22.0 Å². The van der Waals surface area contributed by atoms with E-state index in [9.17, 15) is 31.9 Å². The highest BCUT2D eigenvalue weighted by molar-refractivity contribution is 5.81. The lowest BCUT2D eigenvalue weighted by Crippen LogP contribution is -2.75. The van der Waals surface area contributed by atoms with Gasteiger partial charge in [0.1, 0.15) is 0 Å². The van der Waals surface area contributed by atoms with Crippen LogP contribution in [0.1, 0.15) is 38.5 Å². The van der Waals surface area contributed by atoms with Crippen molar-refractivity contribution in [2.45, 2.75) is 62.3 Å². The molecule has 0 amide bonds. The summed E-state index contributed by atoms with van der Waals surface area (Å²) in [6.07, 6.45) is -6.11. The lowest BCUT2D eigenvalue weighted by molar-refractivity contribution is -0.365. The van der Waals surface area contributed by atoms with Crippen LogP contribution >= 0.6 is 0 Å². The Morgan fingerprint density at radius 2 is 1.79 bits per heavy atom. The Labute approximate surface area is 135 Å². The van der Waals surface area contributed by atoms with Crippen LogP contribution in [0.2, 0.25) is 0 Å². The maximum Gasteiger partial charge on any atom is 0.420 e. The summed E-state index contributed by atoms with van der Waals surface area (Å²) in [6, 6.07) is 0. The van der Waals surface area contributed by atoms with Crippen LogP contribution in [0.25, 0.3) is 0 Å². The molecule has 4 aliphatic rings. The van der Waals surface area contributed by atoms with Crippen molar-refractivity contribution in [2.24, 2.45) is 17.3 Å². The SMILES string of the molecule is C=CC(=O)OC1(C(F)(F)C(O)C(F)(F)F)C2CCCC3(C2)CC1C3. The van der Waals surface area contributed by atoms with Gasteiger partial charge in [-0.25, -0.2) is 4.79 Å². The zero-order chi connectivity index (χ0) is 18.0. The highest BCUT2D eigenvalue weighted by Gasteiger charge is 2.78. The number of aliphatic hydroxyl groups excluding tert-OH is 1. The number of carbonyl (C=O) groups excluding carboxylic acids is 1. The van der Waals surface area contributed by atoms with E-state index in [0.717, 1.165) is 6.42 Å². The predicted molar refractivity (Wildman–Crippen MR) is 73.1 cm³/mol. The number of aliphatic hydroxyl groups is 1. The van der Waals surface area contributed by atoms with E-state index in [4.69, 9.17) is 4.74 Å². The lowest BCUT2D eigenvalue weighted by atomic mass is 9.40. The standard InChI is InChI=1S/C16H19F5O3/c1-2-11(22)24-14(15(17,18)12(23)16(19,20)21)9-4-3-5-13(6-9)7-10(14)8-13/h2,9-10,12,23H,1,3-8H2. The Balaban J connectivity index is 2.06. The van der Waals surface area contributed by atoms with Crippen molar-refractivity contribution in [3.63, 3.8) is 0 Å². The van der Waals surface area contributed by atoms with Crippen molar-refractivity contribution >= 4 is 5.97 Å². The molecule has 8 heteroatoms. The van der Waals surface area contributed by atoms with Crippen LogP contribution in [-0.2, 0) is 9.53 Å². The first-order valence-corrected chi connectivity index (χ1v) is 7.96. The largest absolute Gasteiger partial charge is 0.449 e. The Bertz CT molecular complexity index is 552. The van der Waals surface area contributed by atoms with Crippen molar-refractivity contribution in [1.29, 1.82) is 0 Å². The minimum atomic E-state index is -5.51. The highest BCUT2D eigenvalue weighted by atomic mass is 19.4. The quantitative estimate of drug-likeness (QED) is 0.477. The van der Waals surface area contributed by atoms with E-state index in [1.807, 2.05) is 0 Å². The number of hydrogen-bond acceptors (Lipinski definition) is 3. The van der Waals surface area contributed by atoms with Gasteiger partial charge in [-0.1, -0.05) is 13.0 Å². The van der Waals surface area contributed by atoms with Crippen LogP contribution in [0.5, 0.6) is 0 Å². The first-order valence-electron chi connectivity index (χ1n) is 7.96. The Hall–Kier alpha value is -1.18. The molecule has 0 aromatic heterocycles. The number of ether oxygens (including phenoxy) is 1. The fourth-order valence-electron chi connectivity index (χ4n) is 5.22. The van der Waals surface area contributed by atoms with Crippen molar-refractivity contribution in [3.05, 3.63) is 12.7 Å². The van der Waals surface area contributed by atoms with Crippen molar-refractivity contribution < 1.29 is 36.6 Å². The summed E-state index contributed by atoms with van der Waals surface area (Å²) >= 11 is 0. The second-order valence-electron chi connectivity index (χ2n) is 7.38. The Morgan fingerprint density at radius 1 is 1.21 bits per heavy atom. The van der Waals surface area contributed by atoms with E-state index in [1.54, 1.807) is 0 Å². The zero-order valence-electron chi connectivity index (χ0n) is 12.9. The molecule has 0 aromatic carbocycles. The Kier molecular flexibility index (Phi) is 3.79. The number of carbonyl (C=O) groups is 1. The normalized spacial score (nSPS) is 39.6. The van der Waals surface area contributed by atoms with E-state index in [0.29, 0.717) is 31.8 Å². The van der Waals surface area contributed by atoms with E-state index in [2.05, 4.69) is 6.58 Å². The third-order valence-corrected chi connectivity index (χ3v) is 6.12. The van der Waals surface area contributed by atoms with Gasteiger partial charge in [-0.05, 0) is 37.5 Å². The second-order valence-corrected chi connectivity index (χ2v) is 7.38. The Morgan fingerprint density at radius 3 is 2.33 bits per heavy atom. The summed E-state index contributed by atoms with van der Waals surface area (Å²) in [4.78, 5) is 11.7. The highest BCUT2D eigenvalue weighted by Crippen LogP contribution is 2.71. The summed E-state index contributed by atoms with van der Waals surface area (Å²) < 4.78 is 73.4. The fraction of sp³-hybridized carbons (Fsp3) is 0.812. The molecule has 3 nitrogen and oxygen atoms in total. The second kappa shape index (κ2) is 5.16. The first kappa shape index (κ1) is 17.6. The smallest absolute Gasteiger partial charge is 0.420 e. The molecule has 4 saturated carbocycles. The van der Waals surface area contributed by atoms with Crippen LogP contribution in [0, 0.1) is 17.3 Å². The third kappa shape index (κ3) is 2.21. The zero-order valence-corrected chi connectivity index (χ0v) is 12.9. The number of halogens is 5. The van der Waals surface area contributed by atoms with E-state index < -0.39 is 41.6 Å². The van der Waals surface area contributed by atoms with E-state index >= 15 is 0 Å². The molecule has 0 saturated heterocycles. The molecule has 136 valence electrons. The summed E-state index contributed by atoms with van der Waals surface area (Å²) in [6.45, 7) is 3.15. The molecule has 3 atom stereocenters. The maximum absolute atomic E-state index is 14.9. The summed E-state index contributed by atoms with van der Waals surface area (Å²) in [5.41, 5.74) is -2.74. The van der Waals surface area contributed by atoms with Crippen LogP contribution < -0.4 is 0 Å². The molecule has 1 N–H and O–H groups in total. The maximum atomic E-state index is 14.9. The monoisotopic (exact) mass is 354 g/mol. The van der Waals surface area contributed by atoms with E-state index in [1.165, 1.54) is 0 Å². The molecule has 1 spiro atoms. The minimum Gasteiger partial charge on any atom is -0.449 e. The minimum absolute atomic E-state index is 0.114. The average molecular weight is 354 g/mol. The van der Waals surface area contributed by atoms with Crippen molar-refractivity contribution in [2.75, 3.05) is 0 Å². The van der Waals surface area contributed by atoms with Gasteiger partial charge in [0.2, 0.25) is 6.10 Å². The van der Waals surface area contributed by atoms with Crippen LogP contribution in [-0.4, -0.2) is 34.9 Å². The number of rotatable bonds is 4. The summed E-state index contributed by atoms with van der Waals surface area (Å²) in [7, 11) is 0. The molecule has 0 radical (unpaired) electrons. The van der Waals surface area contributed by atoms with Crippen LogP contribution in [0.3, 0.4) is 0 Å². The summed E-state index contributed by atoms with van der Waals surface area (Å²) in [5, 5.41) is 9.35. The van der Waals surface area contributed by atoms with Gasteiger partial charge in [-0.15, -0.1) is 0 Å². The molecule has 4 rings (SSSR count).